The molecule has 0 bridgehead atoms. The molecule has 0 saturated heterocycles. The summed E-state index contributed by atoms with van der Waals surface area (Å²) in [6.07, 6.45) is 10.5. The van der Waals surface area contributed by atoms with Crippen molar-refractivity contribution < 1.29 is 42.2 Å². The van der Waals surface area contributed by atoms with Gasteiger partial charge in [-0.2, -0.15) is 0 Å². The van der Waals surface area contributed by atoms with Crippen LogP contribution in [0.2, 0.25) is 0 Å². The molecule has 2 atom stereocenters. The summed E-state index contributed by atoms with van der Waals surface area (Å²) in [5, 5.41) is 31.6. The molecule has 12 nitrogen and oxygen atoms in total. The molecule has 3 aliphatic rings. The van der Waals surface area contributed by atoms with Gasteiger partial charge in [0.2, 0.25) is 0 Å². The van der Waals surface area contributed by atoms with Gasteiger partial charge in [-0.1, -0.05) is 37.8 Å². The van der Waals surface area contributed by atoms with Gasteiger partial charge in [0.15, 0.2) is 0 Å². The Balaban J connectivity index is 0.000000228. The predicted octanol–water partition coefficient (Wildman–Crippen LogP) is 9.12. The fraction of sp³-hybridized carbons (Fsp3) is 0.226. The normalized spacial score (nSPS) is 16.5. The van der Waals surface area contributed by atoms with Crippen LogP contribution in [0.4, 0.5) is 30.2 Å². The number of ether oxygens (including phenoxy) is 3. The second-order valence-corrected chi connectivity index (χ2v) is 9.93. The van der Waals surface area contributed by atoms with E-state index in [0.717, 1.165) is 19.1 Å². The second kappa shape index (κ2) is 18.8. The number of hydrogen-bond donors (Lipinski definition) is 0. The summed E-state index contributed by atoms with van der Waals surface area (Å²) in [6.45, 7) is 1.25. The Morgan fingerprint density at radius 3 is 1.70 bits per heavy atom. The van der Waals surface area contributed by atoms with E-state index in [4.69, 9.17) is 14.2 Å². The molecule has 3 aromatic rings. The summed E-state index contributed by atoms with van der Waals surface area (Å²) in [6, 6.07) is 11.2. The average Bonchev–Trinajstić information content (AvgIpc) is 3.84. The van der Waals surface area contributed by atoms with Crippen LogP contribution in [0.3, 0.4) is 0 Å². The van der Waals surface area contributed by atoms with Gasteiger partial charge in [0.25, 0.3) is 17.1 Å². The maximum absolute atomic E-state index is 13.5. The number of hydrogen-bond acceptors (Lipinski definition) is 9. The van der Waals surface area contributed by atoms with Gasteiger partial charge >= 0.3 is 0 Å². The van der Waals surface area contributed by atoms with Gasteiger partial charge in [-0.3, -0.25) is 30.3 Å². The van der Waals surface area contributed by atoms with E-state index >= 15 is 0 Å². The van der Waals surface area contributed by atoms with Crippen molar-refractivity contribution >= 4 is 33.0 Å². The number of halogens is 4. The number of benzene rings is 3. The van der Waals surface area contributed by atoms with Crippen molar-refractivity contribution in [3.63, 3.8) is 0 Å². The molecular formula is C31H29BrF3N3O9. The predicted molar refractivity (Wildman–Crippen MR) is 169 cm³/mol. The minimum atomic E-state index is -0.647. The smallest absolute Gasteiger partial charge is 0.286 e. The van der Waals surface area contributed by atoms with Crippen molar-refractivity contribution in [3.8, 4) is 0 Å². The quantitative estimate of drug-likeness (QED) is 0.142. The van der Waals surface area contributed by atoms with Crippen LogP contribution < -0.4 is 0 Å². The van der Waals surface area contributed by atoms with Crippen LogP contribution in [0.25, 0.3) is 0 Å². The third-order valence-corrected chi connectivity index (χ3v) is 6.94. The van der Waals surface area contributed by atoms with Crippen LogP contribution in [0.15, 0.2) is 95.9 Å². The van der Waals surface area contributed by atoms with E-state index in [1.165, 1.54) is 54.8 Å². The highest BCUT2D eigenvalue weighted by atomic mass is 79.9. The van der Waals surface area contributed by atoms with E-state index in [1.54, 1.807) is 24.5 Å². The van der Waals surface area contributed by atoms with Crippen molar-refractivity contribution in [1.29, 1.82) is 0 Å². The Kier molecular flexibility index (Phi) is 15.2. The third-order valence-electron chi connectivity index (χ3n) is 6.15. The minimum absolute atomic E-state index is 0. The maximum Gasteiger partial charge on any atom is 0.286 e. The van der Waals surface area contributed by atoms with Crippen molar-refractivity contribution in [2.45, 2.75) is 32.5 Å². The maximum atomic E-state index is 13.5. The number of nitro benzene ring substituents is 3. The Morgan fingerprint density at radius 2 is 1.28 bits per heavy atom. The Bertz CT molecular complexity index is 1640. The lowest BCUT2D eigenvalue weighted by atomic mass is 10.0. The van der Waals surface area contributed by atoms with Crippen LogP contribution in [0.5, 0.6) is 0 Å². The summed E-state index contributed by atoms with van der Waals surface area (Å²) >= 11 is 2.76. The van der Waals surface area contributed by atoms with E-state index in [9.17, 15) is 43.5 Å². The summed E-state index contributed by atoms with van der Waals surface area (Å²) in [7, 11) is 0. The molecule has 0 N–H and O–H groups in total. The largest absolute Gasteiger partial charge is 0.501 e. The topological polar surface area (TPSA) is 157 Å². The first-order chi connectivity index (χ1) is 22.0. The number of rotatable bonds is 5. The molecule has 0 fully saturated rings. The molecule has 3 heterocycles. The van der Waals surface area contributed by atoms with Crippen molar-refractivity contribution in [3.05, 3.63) is 155 Å². The molecule has 0 saturated carbocycles. The molecule has 6 rings (SSSR count). The van der Waals surface area contributed by atoms with E-state index in [1.807, 2.05) is 6.08 Å². The molecule has 0 radical (unpaired) electrons. The Morgan fingerprint density at radius 1 is 0.723 bits per heavy atom. The van der Waals surface area contributed by atoms with Crippen molar-refractivity contribution in [2.75, 3.05) is 13.2 Å². The molecular weight excluding hydrogens is 695 g/mol. The van der Waals surface area contributed by atoms with Crippen LogP contribution >= 0.6 is 15.9 Å². The van der Waals surface area contributed by atoms with Gasteiger partial charge in [0.1, 0.15) is 39.7 Å². The summed E-state index contributed by atoms with van der Waals surface area (Å²) in [4.78, 5) is 29.7. The summed E-state index contributed by atoms with van der Waals surface area (Å²) in [5.41, 5.74) is -0.719. The van der Waals surface area contributed by atoms with Crippen LogP contribution in [-0.2, 0) is 14.2 Å². The standard InChI is InChI=1S/2C10H8FNO3.C6H3BrFNO2.C4H6O.CH4/c2*11-7-3-1-4-8(12(13)14)10(7)9-5-2-6-15-9;7-6-4(8)2-1-3-5(6)9(10)11;1-2-4-5-3-1;/h1-4,6,9H,5H2;1-5,9H,6H2;1-3H;1,3H,2,4H2;1H4. The minimum Gasteiger partial charge on any atom is -0.501 e. The molecule has 0 spiro atoms. The molecule has 0 amide bonds. The molecule has 16 heteroatoms. The highest BCUT2D eigenvalue weighted by molar-refractivity contribution is 9.10. The van der Waals surface area contributed by atoms with Gasteiger partial charge in [0.05, 0.1) is 46.1 Å². The molecule has 250 valence electrons. The van der Waals surface area contributed by atoms with Gasteiger partial charge in [0, 0.05) is 31.0 Å². The number of nitrogens with zero attached hydrogens (tertiary/aromatic N) is 3. The van der Waals surface area contributed by atoms with Gasteiger partial charge < -0.3 is 14.2 Å². The molecule has 0 aromatic heterocycles. The summed E-state index contributed by atoms with van der Waals surface area (Å²) in [5.74, 6) is -1.84. The van der Waals surface area contributed by atoms with Gasteiger partial charge in [-0.05, 0) is 46.3 Å². The lowest BCUT2D eigenvalue weighted by Gasteiger charge is -2.11. The first-order valence-corrected chi connectivity index (χ1v) is 14.1. The fourth-order valence-electron chi connectivity index (χ4n) is 4.09. The molecule has 2 unspecified atom stereocenters. The molecule has 3 aromatic carbocycles. The molecule has 3 aliphatic heterocycles. The first kappa shape index (κ1) is 38.1. The third kappa shape index (κ3) is 10.7. The van der Waals surface area contributed by atoms with Crippen LogP contribution in [0.1, 0.15) is 43.6 Å². The van der Waals surface area contributed by atoms with Crippen LogP contribution in [0, 0.1) is 47.8 Å². The number of nitro groups is 3. The van der Waals surface area contributed by atoms with Gasteiger partial charge in [-0.15, -0.1) is 0 Å². The van der Waals surface area contributed by atoms with E-state index in [-0.39, 0.29) is 40.1 Å². The average molecular weight is 724 g/mol. The van der Waals surface area contributed by atoms with E-state index in [0.29, 0.717) is 13.0 Å². The molecule has 47 heavy (non-hydrogen) atoms. The van der Waals surface area contributed by atoms with Gasteiger partial charge in [-0.25, -0.2) is 13.2 Å². The zero-order chi connectivity index (χ0) is 33.6. The monoisotopic (exact) mass is 723 g/mol. The Hall–Kier alpha value is -5.09. The zero-order valence-corrected chi connectivity index (χ0v) is 25.3. The lowest BCUT2D eigenvalue weighted by Crippen LogP contribution is -2.04. The SMILES string of the molecule is C.C1=COCC1.O=[N+]([O-])c1cccc(F)c1Br.O=[N+]([O-])c1cccc(F)c1C1C=CCO1.O=[N+]([O-])c1cccc(F)c1C1CC=CO1. The first-order valence-electron chi connectivity index (χ1n) is 13.3. The van der Waals surface area contributed by atoms with E-state index in [2.05, 4.69) is 15.9 Å². The Labute approximate surface area is 275 Å². The zero-order valence-electron chi connectivity index (χ0n) is 23.7. The van der Waals surface area contributed by atoms with Crippen molar-refractivity contribution in [1.82, 2.24) is 0 Å². The highest BCUT2D eigenvalue weighted by Gasteiger charge is 2.28. The van der Waals surface area contributed by atoms with E-state index < -0.39 is 44.4 Å². The van der Waals surface area contributed by atoms with Crippen molar-refractivity contribution in [2.24, 2.45) is 0 Å². The summed E-state index contributed by atoms with van der Waals surface area (Å²) < 4.78 is 54.4. The second-order valence-electron chi connectivity index (χ2n) is 9.14. The molecule has 0 aliphatic carbocycles. The highest BCUT2D eigenvalue weighted by Crippen LogP contribution is 2.35. The fourth-order valence-corrected chi connectivity index (χ4v) is 4.50. The van der Waals surface area contributed by atoms with Crippen LogP contribution in [-0.4, -0.2) is 28.0 Å². The lowest BCUT2D eigenvalue weighted by molar-refractivity contribution is -0.386.